The maximum absolute atomic E-state index is 5.74. The van der Waals surface area contributed by atoms with Crippen LogP contribution in [0.5, 0.6) is 0 Å². The van der Waals surface area contributed by atoms with E-state index in [1.165, 1.54) is 0 Å². The minimum Gasteiger partial charge on any atom is -0.384 e. The zero-order chi connectivity index (χ0) is 7.98. The molecule has 0 aromatic heterocycles. The van der Waals surface area contributed by atoms with Crippen molar-refractivity contribution in [2.75, 3.05) is 6.54 Å². The normalized spacial score (nSPS) is 11.8. The minimum atomic E-state index is 0.608. The molecule has 1 N–H and O–H groups in total. The molecule has 0 atom stereocenters. The van der Waals surface area contributed by atoms with Gasteiger partial charge in [0.15, 0.2) is 0 Å². The summed E-state index contributed by atoms with van der Waals surface area (Å²) in [6.07, 6.45) is 3.26. The van der Waals surface area contributed by atoms with Gasteiger partial charge < -0.3 is 5.32 Å². The lowest BCUT2D eigenvalue weighted by atomic mass is 10.3. The van der Waals surface area contributed by atoms with Gasteiger partial charge in [0.1, 0.15) is 0 Å². The van der Waals surface area contributed by atoms with Gasteiger partial charge in [-0.2, -0.15) is 0 Å². The van der Waals surface area contributed by atoms with Gasteiger partial charge in [0, 0.05) is 6.54 Å². The van der Waals surface area contributed by atoms with Crippen LogP contribution in [-0.4, -0.2) is 6.54 Å². The maximum atomic E-state index is 5.74. The van der Waals surface area contributed by atoms with Crippen molar-refractivity contribution in [3.63, 3.8) is 0 Å². The van der Waals surface area contributed by atoms with Gasteiger partial charge in [0.25, 0.3) is 0 Å². The summed E-state index contributed by atoms with van der Waals surface area (Å²) in [5.41, 5.74) is 0.833. The Morgan fingerprint density at radius 2 is 2.10 bits per heavy atom. The van der Waals surface area contributed by atoms with Crippen molar-refractivity contribution in [1.82, 2.24) is 5.32 Å². The van der Waals surface area contributed by atoms with Crippen molar-refractivity contribution in [3.8, 4) is 0 Å². The molecule has 0 aliphatic rings. The topological polar surface area (TPSA) is 12.0 Å². The second-order valence-corrected chi connectivity index (χ2v) is 2.11. The van der Waals surface area contributed by atoms with Crippen LogP contribution in [0.15, 0.2) is 36.0 Å². The molecule has 0 heterocycles. The monoisotopic (exact) mass is 157 g/mol. The molecule has 0 aliphatic carbocycles. The summed E-state index contributed by atoms with van der Waals surface area (Å²) >= 11 is 5.74. The lowest BCUT2D eigenvalue weighted by Crippen LogP contribution is -2.10. The first kappa shape index (κ1) is 9.31. The fraction of sp³-hybridized carbons (Fsp3) is 0.250. The van der Waals surface area contributed by atoms with Crippen LogP contribution in [0.2, 0.25) is 0 Å². The highest BCUT2D eigenvalue weighted by Crippen LogP contribution is 2.07. The van der Waals surface area contributed by atoms with Crippen LogP contribution in [0.3, 0.4) is 0 Å². The van der Waals surface area contributed by atoms with Crippen LogP contribution in [0.4, 0.5) is 0 Å². The first-order valence-corrected chi connectivity index (χ1v) is 3.52. The Morgan fingerprint density at radius 1 is 1.50 bits per heavy atom. The number of likely N-dealkylation sites (N-methyl/N-ethyl adjacent to an activating group) is 1. The van der Waals surface area contributed by atoms with Crippen LogP contribution in [0.1, 0.15) is 6.92 Å². The van der Waals surface area contributed by atoms with E-state index in [0.29, 0.717) is 5.03 Å². The summed E-state index contributed by atoms with van der Waals surface area (Å²) in [7, 11) is 0. The molecule has 1 nitrogen and oxygen atoms in total. The summed E-state index contributed by atoms with van der Waals surface area (Å²) in [5.74, 6) is 0. The summed E-state index contributed by atoms with van der Waals surface area (Å²) in [4.78, 5) is 0. The first-order valence-electron chi connectivity index (χ1n) is 3.14. The smallest absolute Gasteiger partial charge is 0.0631 e. The molecule has 0 amide bonds. The number of rotatable bonds is 4. The molecule has 0 aromatic carbocycles. The fourth-order valence-electron chi connectivity index (χ4n) is 0.555. The molecule has 0 saturated heterocycles. The maximum Gasteiger partial charge on any atom is 0.0631 e. The number of hydrogen-bond acceptors (Lipinski definition) is 1. The van der Waals surface area contributed by atoms with Crippen LogP contribution >= 0.6 is 11.6 Å². The molecule has 0 aliphatic heterocycles. The van der Waals surface area contributed by atoms with Crippen molar-refractivity contribution >= 4 is 11.6 Å². The molecular formula is C8H12ClN. The third kappa shape index (κ3) is 2.74. The summed E-state index contributed by atoms with van der Waals surface area (Å²) in [5, 5.41) is 3.65. The largest absolute Gasteiger partial charge is 0.384 e. The number of nitrogens with one attached hydrogen (secondary N) is 1. The molecule has 56 valence electrons. The molecule has 0 unspecified atom stereocenters. The second kappa shape index (κ2) is 5.12. The zero-order valence-corrected chi connectivity index (χ0v) is 6.91. The van der Waals surface area contributed by atoms with Crippen molar-refractivity contribution in [1.29, 1.82) is 0 Å². The number of halogens is 1. The van der Waals surface area contributed by atoms with Crippen LogP contribution < -0.4 is 5.32 Å². The highest BCUT2D eigenvalue weighted by molar-refractivity contribution is 6.31. The molecule has 0 saturated carbocycles. The molecule has 0 aromatic rings. The van der Waals surface area contributed by atoms with E-state index in [-0.39, 0.29) is 0 Å². The van der Waals surface area contributed by atoms with Gasteiger partial charge >= 0.3 is 0 Å². The molecule has 10 heavy (non-hydrogen) atoms. The average Bonchev–Trinajstić information content (AvgIpc) is 1.99. The SMILES string of the molecule is C=C/C(Cl)=C(\C=C)NCC. The Morgan fingerprint density at radius 3 is 2.40 bits per heavy atom. The summed E-state index contributed by atoms with van der Waals surface area (Å²) in [6, 6.07) is 0. The van der Waals surface area contributed by atoms with Gasteiger partial charge in [0.2, 0.25) is 0 Å². The van der Waals surface area contributed by atoms with Crippen LogP contribution in [0, 0.1) is 0 Å². The predicted molar refractivity (Wildman–Crippen MR) is 46.9 cm³/mol. The van der Waals surface area contributed by atoms with Gasteiger partial charge in [-0.1, -0.05) is 24.8 Å². The Hall–Kier alpha value is -0.690. The summed E-state index contributed by atoms with van der Waals surface area (Å²) in [6.45, 7) is 9.97. The van der Waals surface area contributed by atoms with Gasteiger partial charge in [0.05, 0.1) is 10.7 Å². The number of hydrogen-bond donors (Lipinski definition) is 1. The predicted octanol–water partition coefficient (Wildman–Crippen LogP) is 2.42. The minimum absolute atomic E-state index is 0.608. The molecular weight excluding hydrogens is 146 g/mol. The fourth-order valence-corrected chi connectivity index (χ4v) is 0.698. The van der Waals surface area contributed by atoms with E-state index in [0.717, 1.165) is 12.2 Å². The van der Waals surface area contributed by atoms with Crippen LogP contribution in [-0.2, 0) is 0 Å². The lowest BCUT2D eigenvalue weighted by Gasteiger charge is -2.03. The van der Waals surface area contributed by atoms with E-state index in [4.69, 9.17) is 11.6 Å². The Kier molecular flexibility index (Phi) is 4.77. The van der Waals surface area contributed by atoms with Crippen molar-refractivity contribution in [2.24, 2.45) is 0 Å². The number of allylic oxidation sites excluding steroid dienone is 3. The molecule has 0 rings (SSSR count). The van der Waals surface area contributed by atoms with Crippen molar-refractivity contribution < 1.29 is 0 Å². The lowest BCUT2D eigenvalue weighted by molar-refractivity contribution is 0.877. The highest BCUT2D eigenvalue weighted by atomic mass is 35.5. The van der Waals surface area contributed by atoms with E-state index >= 15 is 0 Å². The van der Waals surface area contributed by atoms with E-state index in [1.54, 1.807) is 12.2 Å². The Bertz CT molecular complexity index is 159. The molecule has 2 heteroatoms. The molecule has 0 fully saturated rings. The van der Waals surface area contributed by atoms with Gasteiger partial charge in [-0.05, 0) is 19.1 Å². The molecule has 0 spiro atoms. The Labute approximate surface area is 67.1 Å². The van der Waals surface area contributed by atoms with Gasteiger partial charge in [-0.15, -0.1) is 0 Å². The molecule has 0 radical (unpaired) electrons. The summed E-state index contributed by atoms with van der Waals surface area (Å²) < 4.78 is 0. The third-order valence-electron chi connectivity index (χ3n) is 1.01. The van der Waals surface area contributed by atoms with Gasteiger partial charge in [-0.3, -0.25) is 0 Å². The average molecular weight is 158 g/mol. The van der Waals surface area contributed by atoms with E-state index in [2.05, 4.69) is 18.5 Å². The van der Waals surface area contributed by atoms with Crippen molar-refractivity contribution in [3.05, 3.63) is 36.0 Å². The molecule has 0 bridgehead atoms. The van der Waals surface area contributed by atoms with E-state index in [1.807, 2.05) is 6.92 Å². The first-order chi connectivity index (χ1) is 4.76. The van der Waals surface area contributed by atoms with E-state index < -0.39 is 0 Å². The third-order valence-corrected chi connectivity index (χ3v) is 1.37. The standard InChI is InChI=1S/C8H12ClN/c1-4-7(9)8(5-2)10-6-3/h4-5,10H,1-2,6H2,3H3/b8-7-. The zero-order valence-electron chi connectivity index (χ0n) is 6.15. The van der Waals surface area contributed by atoms with Gasteiger partial charge in [-0.25, -0.2) is 0 Å². The Balaban J connectivity index is 4.28. The quantitative estimate of drug-likeness (QED) is 0.619. The van der Waals surface area contributed by atoms with E-state index in [9.17, 15) is 0 Å². The second-order valence-electron chi connectivity index (χ2n) is 1.70. The highest BCUT2D eigenvalue weighted by Gasteiger charge is 1.92. The van der Waals surface area contributed by atoms with Crippen molar-refractivity contribution in [2.45, 2.75) is 6.92 Å². The van der Waals surface area contributed by atoms with Crippen LogP contribution in [0.25, 0.3) is 0 Å².